The molecule has 2 rings (SSSR count). The number of carbonyl (C=O) groups excluding carboxylic acids is 1. The van der Waals surface area contributed by atoms with E-state index in [4.69, 9.17) is 17.3 Å². The highest BCUT2D eigenvalue weighted by atomic mass is 35.5. The molecule has 3 nitrogen and oxygen atoms in total. The molecule has 1 atom stereocenters. The molecule has 1 aliphatic heterocycles. The van der Waals surface area contributed by atoms with Crippen molar-refractivity contribution in [2.45, 2.75) is 18.9 Å². The van der Waals surface area contributed by atoms with Crippen LogP contribution in [0.4, 0.5) is 0 Å². The van der Waals surface area contributed by atoms with Gasteiger partial charge < -0.3 is 5.73 Å². The Morgan fingerprint density at radius 2 is 2.06 bits per heavy atom. The minimum atomic E-state index is -0.0697. The molecule has 1 aromatic rings. The number of hydrogen-bond acceptors (Lipinski definition) is 3. The summed E-state index contributed by atoms with van der Waals surface area (Å²) in [7, 11) is 0. The van der Waals surface area contributed by atoms with E-state index in [2.05, 4.69) is 4.90 Å². The van der Waals surface area contributed by atoms with E-state index in [-0.39, 0.29) is 17.7 Å². The zero-order valence-electron chi connectivity index (χ0n) is 9.90. The fourth-order valence-corrected chi connectivity index (χ4v) is 2.31. The SMILES string of the molecule is CC(=O)[C@H](CN1CC(N)C1)c1ccc(Cl)cc1. The summed E-state index contributed by atoms with van der Waals surface area (Å²) in [5, 5.41) is 0.696. The van der Waals surface area contributed by atoms with Crippen LogP contribution in [0.5, 0.6) is 0 Å². The molecule has 0 spiro atoms. The molecule has 92 valence electrons. The zero-order chi connectivity index (χ0) is 12.4. The summed E-state index contributed by atoms with van der Waals surface area (Å²) in [4.78, 5) is 13.9. The number of ketones is 1. The maximum absolute atomic E-state index is 11.7. The third-order valence-corrected chi connectivity index (χ3v) is 3.44. The predicted octanol–water partition coefficient (Wildman–Crippen LogP) is 1.66. The fraction of sp³-hybridized carbons (Fsp3) is 0.462. The Kier molecular flexibility index (Phi) is 3.82. The second kappa shape index (κ2) is 5.17. The van der Waals surface area contributed by atoms with Crippen molar-refractivity contribution in [3.05, 3.63) is 34.9 Å². The number of Topliss-reactive ketones (excluding diaryl/α,β-unsaturated/α-hetero) is 1. The standard InChI is InChI=1S/C13H17ClN2O/c1-9(17)13(8-16-6-12(15)7-16)10-2-4-11(14)5-3-10/h2-5,12-13H,6-8,15H2,1H3/t13-/m0/s1. The highest BCUT2D eigenvalue weighted by Crippen LogP contribution is 2.22. The molecular formula is C13H17ClN2O. The van der Waals surface area contributed by atoms with Crippen molar-refractivity contribution in [2.75, 3.05) is 19.6 Å². The molecule has 0 radical (unpaired) electrons. The fourth-order valence-electron chi connectivity index (χ4n) is 2.18. The van der Waals surface area contributed by atoms with Gasteiger partial charge in [0.25, 0.3) is 0 Å². The number of halogens is 1. The van der Waals surface area contributed by atoms with Crippen molar-refractivity contribution < 1.29 is 4.79 Å². The minimum absolute atomic E-state index is 0.0697. The number of likely N-dealkylation sites (tertiary alicyclic amines) is 1. The van der Waals surface area contributed by atoms with E-state index >= 15 is 0 Å². The molecule has 1 saturated heterocycles. The van der Waals surface area contributed by atoms with Crippen molar-refractivity contribution in [3.8, 4) is 0 Å². The maximum atomic E-state index is 11.7. The van der Waals surface area contributed by atoms with E-state index < -0.39 is 0 Å². The quantitative estimate of drug-likeness (QED) is 0.887. The Morgan fingerprint density at radius 3 is 2.53 bits per heavy atom. The van der Waals surface area contributed by atoms with Gasteiger partial charge in [-0.05, 0) is 24.6 Å². The molecule has 1 aromatic carbocycles. The predicted molar refractivity (Wildman–Crippen MR) is 69.3 cm³/mol. The van der Waals surface area contributed by atoms with Crippen molar-refractivity contribution in [1.82, 2.24) is 4.90 Å². The molecule has 1 heterocycles. The van der Waals surface area contributed by atoms with Crippen LogP contribution >= 0.6 is 11.6 Å². The Labute approximate surface area is 107 Å². The summed E-state index contributed by atoms with van der Waals surface area (Å²) in [5.74, 6) is 0.118. The van der Waals surface area contributed by atoms with Crippen molar-refractivity contribution in [1.29, 1.82) is 0 Å². The van der Waals surface area contributed by atoms with Crippen LogP contribution in [0.15, 0.2) is 24.3 Å². The average Bonchev–Trinajstić information content (AvgIpc) is 2.24. The van der Waals surface area contributed by atoms with Gasteiger partial charge in [0.15, 0.2) is 0 Å². The Bertz CT molecular complexity index is 398. The summed E-state index contributed by atoms with van der Waals surface area (Å²) in [6, 6.07) is 7.78. The maximum Gasteiger partial charge on any atom is 0.138 e. The number of nitrogens with two attached hydrogens (primary N) is 1. The van der Waals surface area contributed by atoms with E-state index in [0.29, 0.717) is 5.02 Å². The summed E-state index contributed by atoms with van der Waals surface area (Å²) < 4.78 is 0. The van der Waals surface area contributed by atoms with E-state index in [0.717, 1.165) is 25.2 Å². The first-order valence-corrected chi connectivity index (χ1v) is 6.18. The van der Waals surface area contributed by atoms with Crippen LogP contribution in [0, 0.1) is 0 Å². The van der Waals surface area contributed by atoms with Gasteiger partial charge in [-0.15, -0.1) is 0 Å². The van der Waals surface area contributed by atoms with Gasteiger partial charge in [-0.2, -0.15) is 0 Å². The van der Waals surface area contributed by atoms with Gasteiger partial charge >= 0.3 is 0 Å². The van der Waals surface area contributed by atoms with Gasteiger partial charge in [0.05, 0.1) is 5.92 Å². The topological polar surface area (TPSA) is 46.3 Å². The van der Waals surface area contributed by atoms with Crippen LogP contribution in [-0.4, -0.2) is 36.4 Å². The Morgan fingerprint density at radius 1 is 1.47 bits per heavy atom. The van der Waals surface area contributed by atoms with Crippen molar-refractivity contribution in [2.24, 2.45) is 5.73 Å². The second-order valence-electron chi connectivity index (χ2n) is 4.69. The van der Waals surface area contributed by atoms with Gasteiger partial charge in [-0.1, -0.05) is 23.7 Å². The minimum Gasteiger partial charge on any atom is -0.325 e. The van der Waals surface area contributed by atoms with Crippen molar-refractivity contribution >= 4 is 17.4 Å². The molecular weight excluding hydrogens is 236 g/mol. The molecule has 17 heavy (non-hydrogen) atoms. The van der Waals surface area contributed by atoms with Crippen molar-refractivity contribution in [3.63, 3.8) is 0 Å². The van der Waals surface area contributed by atoms with Gasteiger partial charge in [0, 0.05) is 30.7 Å². The molecule has 1 fully saturated rings. The third-order valence-electron chi connectivity index (χ3n) is 3.19. The van der Waals surface area contributed by atoms with E-state index in [1.54, 1.807) is 6.92 Å². The number of rotatable bonds is 4. The monoisotopic (exact) mass is 252 g/mol. The summed E-state index contributed by atoms with van der Waals surface area (Å²) >= 11 is 5.85. The Balaban J connectivity index is 2.06. The lowest BCUT2D eigenvalue weighted by Gasteiger charge is -2.38. The lowest BCUT2D eigenvalue weighted by molar-refractivity contribution is -0.119. The highest BCUT2D eigenvalue weighted by Gasteiger charge is 2.28. The number of nitrogens with zero attached hydrogens (tertiary/aromatic N) is 1. The normalized spacial score (nSPS) is 18.8. The van der Waals surface area contributed by atoms with Crippen LogP contribution in [0.3, 0.4) is 0 Å². The van der Waals surface area contributed by atoms with Crippen LogP contribution in [0.25, 0.3) is 0 Å². The van der Waals surface area contributed by atoms with Gasteiger partial charge in [0.2, 0.25) is 0 Å². The van der Waals surface area contributed by atoms with Crippen LogP contribution in [0.2, 0.25) is 5.02 Å². The van der Waals surface area contributed by atoms with Crippen LogP contribution in [0.1, 0.15) is 18.4 Å². The first-order valence-electron chi connectivity index (χ1n) is 5.80. The first-order chi connectivity index (χ1) is 8.06. The summed E-state index contributed by atoms with van der Waals surface area (Å²) in [6.07, 6.45) is 0. The zero-order valence-corrected chi connectivity index (χ0v) is 10.7. The number of carbonyl (C=O) groups is 1. The number of benzene rings is 1. The second-order valence-corrected chi connectivity index (χ2v) is 5.13. The summed E-state index contributed by atoms with van der Waals surface area (Å²) in [6.45, 7) is 4.17. The lowest BCUT2D eigenvalue weighted by Crippen LogP contribution is -2.56. The molecule has 4 heteroatoms. The van der Waals surface area contributed by atoms with Gasteiger partial charge in [-0.25, -0.2) is 0 Å². The molecule has 0 unspecified atom stereocenters. The van der Waals surface area contributed by atoms with E-state index in [1.807, 2.05) is 24.3 Å². The first kappa shape index (κ1) is 12.6. The molecule has 0 saturated carbocycles. The largest absolute Gasteiger partial charge is 0.325 e. The van der Waals surface area contributed by atoms with Crippen LogP contribution < -0.4 is 5.73 Å². The molecule has 0 aliphatic carbocycles. The lowest BCUT2D eigenvalue weighted by atomic mass is 9.93. The number of hydrogen-bond donors (Lipinski definition) is 1. The summed E-state index contributed by atoms with van der Waals surface area (Å²) in [5.41, 5.74) is 6.77. The smallest absolute Gasteiger partial charge is 0.138 e. The van der Waals surface area contributed by atoms with E-state index in [1.165, 1.54) is 0 Å². The molecule has 0 aromatic heterocycles. The molecule has 2 N–H and O–H groups in total. The molecule has 1 aliphatic rings. The average molecular weight is 253 g/mol. The Hall–Kier alpha value is -0.900. The van der Waals surface area contributed by atoms with Gasteiger partial charge in [-0.3, -0.25) is 9.69 Å². The third kappa shape index (κ3) is 3.06. The molecule has 0 amide bonds. The van der Waals surface area contributed by atoms with Gasteiger partial charge in [0.1, 0.15) is 5.78 Å². The van der Waals surface area contributed by atoms with E-state index in [9.17, 15) is 4.79 Å². The molecule has 0 bridgehead atoms. The highest BCUT2D eigenvalue weighted by molar-refractivity contribution is 6.30. The van der Waals surface area contributed by atoms with Crippen LogP contribution in [-0.2, 0) is 4.79 Å².